The number of hydrogen-bond acceptors (Lipinski definition) is 1. The van der Waals surface area contributed by atoms with Crippen molar-refractivity contribution in [3.8, 4) is 0 Å². The lowest BCUT2D eigenvalue weighted by atomic mass is 10.2. The van der Waals surface area contributed by atoms with Crippen LogP contribution in [0, 0.1) is 6.92 Å². The molecule has 62 valence electrons. The lowest BCUT2D eigenvalue weighted by molar-refractivity contribution is 0.628. The first-order valence-corrected chi connectivity index (χ1v) is 3.99. The van der Waals surface area contributed by atoms with Gasteiger partial charge < -0.3 is 0 Å². The second kappa shape index (κ2) is 2.95. The first kappa shape index (κ1) is 8.11. The molecule has 1 heterocycles. The van der Waals surface area contributed by atoms with Gasteiger partial charge in [-0.2, -0.15) is 0 Å². The van der Waals surface area contributed by atoms with Crippen molar-refractivity contribution < 1.29 is 0 Å². The van der Waals surface area contributed by atoms with Crippen molar-refractivity contribution in [1.29, 1.82) is 0 Å². The summed E-state index contributed by atoms with van der Waals surface area (Å²) in [5, 5.41) is 3.05. The summed E-state index contributed by atoms with van der Waals surface area (Å²) in [5.41, 5.74) is 2.02. The lowest BCUT2D eigenvalue weighted by Crippen LogP contribution is -2.16. The van der Waals surface area contributed by atoms with Crippen molar-refractivity contribution in [3.63, 3.8) is 0 Å². The fraction of sp³-hybridized carbons (Fsp3) is 0.625. The molecular weight excluding hydrogens is 140 g/mol. The van der Waals surface area contributed by atoms with Gasteiger partial charge >= 0.3 is 0 Å². The van der Waals surface area contributed by atoms with Crippen LogP contribution < -0.4 is 5.56 Å². The zero-order chi connectivity index (χ0) is 8.43. The van der Waals surface area contributed by atoms with Crippen LogP contribution in [0.5, 0.6) is 0 Å². The van der Waals surface area contributed by atoms with Gasteiger partial charge in [-0.05, 0) is 20.3 Å². The van der Waals surface area contributed by atoms with Crippen LogP contribution in [0.25, 0.3) is 0 Å². The Kier molecular flexibility index (Phi) is 2.17. The summed E-state index contributed by atoms with van der Waals surface area (Å²) in [4.78, 5) is 11.3. The van der Waals surface area contributed by atoms with Crippen molar-refractivity contribution in [3.05, 3.63) is 21.6 Å². The van der Waals surface area contributed by atoms with E-state index >= 15 is 0 Å². The highest BCUT2D eigenvalue weighted by Crippen LogP contribution is 1.98. The second-order valence-corrected chi connectivity index (χ2v) is 2.62. The van der Waals surface area contributed by atoms with Crippen LogP contribution in [-0.2, 0) is 13.0 Å². The fourth-order valence-corrected chi connectivity index (χ4v) is 1.20. The molecule has 0 aliphatic carbocycles. The summed E-state index contributed by atoms with van der Waals surface area (Å²) in [6.07, 6.45) is 0.897. The fourth-order valence-electron chi connectivity index (χ4n) is 1.20. The molecule has 0 amide bonds. The van der Waals surface area contributed by atoms with Crippen LogP contribution in [0.15, 0.2) is 4.79 Å². The first-order valence-electron chi connectivity index (χ1n) is 3.99. The Morgan fingerprint density at radius 1 is 1.45 bits per heavy atom. The third kappa shape index (κ3) is 1.23. The molecule has 3 nitrogen and oxygen atoms in total. The zero-order valence-electron chi connectivity index (χ0n) is 7.27. The average Bonchev–Trinajstić information content (AvgIpc) is 2.30. The molecule has 0 saturated carbocycles. The van der Waals surface area contributed by atoms with Gasteiger partial charge in [0.1, 0.15) is 0 Å². The van der Waals surface area contributed by atoms with Crippen molar-refractivity contribution >= 4 is 0 Å². The molecule has 0 bridgehead atoms. The van der Waals surface area contributed by atoms with E-state index in [9.17, 15) is 4.79 Å². The van der Waals surface area contributed by atoms with Crippen LogP contribution in [0.4, 0.5) is 0 Å². The number of aryl methyl sites for hydroxylation is 2. The minimum absolute atomic E-state index is 0.115. The predicted octanol–water partition coefficient (Wildman–Crippen LogP) is 1.07. The van der Waals surface area contributed by atoms with E-state index in [1.165, 1.54) is 0 Å². The number of aromatic amines is 1. The van der Waals surface area contributed by atoms with Crippen molar-refractivity contribution in [1.82, 2.24) is 9.78 Å². The molecule has 3 heteroatoms. The summed E-state index contributed by atoms with van der Waals surface area (Å²) in [5.74, 6) is 0. The Hall–Kier alpha value is -0.990. The predicted molar refractivity (Wildman–Crippen MR) is 44.8 cm³/mol. The van der Waals surface area contributed by atoms with E-state index in [0.717, 1.165) is 24.2 Å². The normalized spacial score (nSPS) is 10.5. The summed E-state index contributed by atoms with van der Waals surface area (Å²) in [6, 6.07) is 0. The van der Waals surface area contributed by atoms with Gasteiger partial charge in [0.2, 0.25) is 0 Å². The molecule has 0 atom stereocenters. The Morgan fingerprint density at radius 2 is 2.09 bits per heavy atom. The van der Waals surface area contributed by atoms with Crippen molar-refractivity contribution in [2.24, 2.45) is 0 Å². The topological polar surface area (TPSA) is 37.8 Å². The summed E-state index contributed by atoms with van der Waals surface area (Å²) >= 11 is 0. The molecule has 0 fully saturated rings. The van der Waals surface area contributed by atoms with Gasteiger partial charge in [-0.25, -0.2) is 0 Å². The Labute approximate surface area is 66.0 Å². The van der Waals surface area contributed by atoms with Gasteiger partial charge in [0.25, 0.3) is 5.56 Å². The number of aromatic nitrogens is 2. The number of rotatable bonds is 2. The molecule has 1 rings (SSSR count). The molecule has 0 unspecified atom stereocenters. The van der Waals surface area contributed by atoms with Crippen molar-refractivity contribution in [2.45, 2.75) is 33.7 Å². The zero-order valence-corrected chi connectivity index (χ0v) is 7.27. The van der Waals surface area contributed by atoms with E-state index in [1.54, 1.807) is 4.68 Å². The molecule has 0 aliphatic rings. The van der Waals surface area contributed by atoms with Gasteiger partial charge in [0, 0.05) is 17.8 Å². The second-order valence-electron chi connectivity index (χ2n) is 2.62. The van der Waals surface area contributed by atoms with Gasteiger partial charge in [0.05, 0.1) is 0 Å². The molecule has 0 radical (unpaired) electrons. The molecule has 1 aromatic rings. The van der Waals surface area contributed by atoms with E-state index in [4.69, 9.17) is 0 Å². The summed E-state index contributed by atoms with van der Waals surface area (Å²) in [7, 11) is 0. The number of hydrogen-bond donors (Lipinski definition) is 1. The molecule has 0 aliphatic heterocycles. The SMILES string of the molecule is CCc1[nH]n(CC)c(=O)c1C. The Bertz CT molecular complexity index is 296. The monoisotopic (exact) mass is 154 g/mol. The standard InChI is InChI=1S/C8H14N2O/c1-4-7-6(3)8(11)10(5-2)9-7/h9H,4-5H2,1-3H3. The average molecular weight is 154 g/mol. The largest absolute Gasteiger partial charge is 0.299 e. The Morgan fingerprint density at radius 3 is 2.36 bits per heavy atom. The molecule has 0 spiro atoms. The molecule has 1 N–H and O–H groups in total. The highest BCUT2D eigenvalue weighted by Gasteiger charge is 2.05. The van der Waals surface area contributed by atoms with Crippen LogP contribution in [0.1, 0.15) is 25.1 Å². The highest BCUT2D eigenvalue weighted by molar-refractivity contribution is 5.14. The van der Waals surface area contributed by atoms with Crippen LogP contribution in [0.3, 0.4) is 0 Å². The van der Waals surface area contributed by atoms with E-state index in [0.29, 0.717) is 0 Å². The summed E-state index contributed by atoms with van der Waals surface area (Å²) in [6.45, 7) is 6.58. The number of H-pyrrole nitrogens is 1. The first-order chi connectivity index (χ1) is 5.20. The maximum atomic E-state index is 11.3. The third-order valence-electron chi connectivity index (χ3n) is 1.96. The minimum atomic E-state index is 0.115. The van der Waals surface area contributed by atoms with E-state index < -0.39 is 0 Å². The van der Waals surface area contributed by atoms with E-state index in [1.807, 2.05) is 20.8 Å². The molecule has 0 aromatic carbocycles. The van der Waals surface area contributed by atoms with Crippen LogP contribution in [-0.4, -0.2) is 9.78 Å². The maximum absolute atomic E-state index is 11.3. The van der Waals surface area contributed by atoms with E-state index in [-0.39, 0.29) is 5.56 Å². The molecular formula is C8H14N2O. The summed E-state index contributed by atoms with van der Waals surface area (Å²) < 4.78 is 1.63. The van der Waals surface area contributed by atoms with E-state index in [2.05, 4.69) is 5.10 Å². The number of nitrogens with one attached hydrogen (secondary N) is 1. The van der Waals surface area contributed by atoms with Gasteiger partial charge in [-0.1, -0.05) is 6.92 Å². The van der Waals surface area contributed by atoms with Gasteiger partial charge in [-0.15, -0.1) is 0 Å². The van der Waals surface area contributed by atoms with Gasteiger partial charge in [-0.3, -0.25) is 14.6 Å². The quantitative estimate of drug-likeness (QED) is 0.679. The molecule has 1 aromatic heterocycles. The number of nitrogens with zero attached hydrogens (tertiary/aromatic N) is 1. The highest BCUT2D eigenvalue weighted by atomic mass is 16.1. The van der Waals surface area contributed by atoms with Crippen LogP contribution in [0.2, 0.25) is 0 Å². The lowest BCUT2D eigenvalue weighted by Gasteiger charge is -1.92. The molecule has 0 saturated heterocycles. The maximum Gasteiger partial charge on any atom is 0.269 e. The third-order valence-corrected chi connectivity index (χ3v) is 1.96. The Balaban J connectivity index is 3.23. The van der Waals surface area contributed by atoms with Gasteiger partial charge in [0.15, 0.2) is 0 Å². The van der Waals surface area contributed by atoms with Crippen LogP contribution >= 0.6 is 0 Å². The minimum Gasteiger partial charge on any atom is -0.299 e. The molecule has 11 heavy (non-hydrogen) atoms. The van der Waals surface area contributed by atoms with Crippen molar-refractivity contribution in [2.75, 3.05) is 0 Å². The smallest absolute Gasteiger partial charge is 0.269 e.